The molecule has 1 fully saturated rings. The summed E-state index contributed by atoms with van der Waals surface area (Å²) < 4.78 is 40.3. The van der Waals surface area contributed by atoms with Crippen LogP contribution in [0.2, 0.25) is 0 Å². The van der Waals surface area contributed by atoms with Crippen LogP contribution in [0.1, 0.15) is 23.1 Å². The van der Waals surface area contributed by atoms with E-state index in [1.165, 1.54) is 17.0 Å². The van der Waals surface area contributed by atoms with Crippen LogP contribution in [0.3, 0.4) is 0 Å². The largest absolute Gasteiger partial charge is 0.416 e. The van der Waals surface area contributed by atoms with Crippen LogP contribution in [0.5, 0.6) is 0 Å². The molecule has 1 aliphatic rings. The van der Waals surface area contributed by atoms with Gasteiger partial charge in [0.2, 0.25) is 11.8 Å². The minimum atomic E-state index is -4.45. The van der Waals surface area contributed by atoms with E-state index in [0.29, 0.717) is 11.4 Å². The molecule has 3 aromatic rings. The fourth-order valence-electron chi connectivity index (χ4n) is 3.60. The van der Waals surface area contributed by atoms with Gasteiger partial charge in [-0.2, -0.15) is 18.3 Å². The van der Waals surface area contributed by atoms with Gasteiger partial charge < -0.3 is 10.2 Å². The number of halogens is 3. The van der Waals surface area contributed by atoms with Gasteiger partial charge in [-0.3, -0.25) is 9.59 Å². The molecule has 1 aliphatic heterocycles. The van der Waals surface area contributed by atoms with Gasteiger partial charge in [0.1, 0.15) is 0 Å². The van der Waals surface area contributed by atoms with Gasteiger partial charge in [-0.25, -0.2) is 9.67 Å². The molecule has 0 unspecified atom stereocenters. The summed E-state index contributed by atoms with van der Waals surface area (Å²) in [6, 6.07) is 10.2. The number of nitrogens with zero attached hydrogens (tertiary/aromatic N) is 4. The molecule has 10 heteroatoms. The third-order valence-electron chi connectivity index (χ3n) is 5.23. The number of carbonyl (C=O) groups excluding carboxylic acids is 2. The molecule has 32 heavy (non-hydrogen) atoms. The van der Waals surface area contributed by atoms with Crippen molar-refractivity contribution < 1.29 is 22.8 Å². The minimum absolute atomic E-state index is 0.0275. The van der Waals surface area contributed by atoms with Crippen molar-refractivity contribution in [3.05, 3.63) is 77.7 Å². The number of alkyl halides is 3. The van der Waals surface area contributed by atoms with E-state index in [2.05, 4.69) is 15.4 Å². The Morgan fingerprint density at radius 3 is 2.72 bits per heavy atom. The average molecular weight is 443 g/mol. The van der Waals surface area contributed by atoms with Crippen molar-refractivity contribution in [1.29, 1.82) is 0 Å². The average Bonchev–Trinajstić information content (AvgIpc) is 3.43. The lowest BCUT2D eigenvalue weighted by Gasteiger charge is -2.18. The number of carbonyl (C=O) groups is 2. The molecule has 4 rings (SSSR count). The number of hydrogen-bond donors (Lipinski definition) is 1. The van der Waals surface area contributed by atoms with Crippen LogP contribution in [0.15, 0.2) is 61.1 Å². The summed E-state index contributed by atoms with van der Waals surface area (Å²) in [4.78, 5) is 30.6. The van der Waals surface area contributed by atoms with Crippen LogP contribution in [-0.4, -0.2) is 38.0 Å². The molecule has 0 saturated carbocycles. The Morgan fingerprint density at radius 2 is 1.97 bits per heavy atom. The molecule has 0 aliphatic carbocycles. The number of hydrogen-bond acceptors (Lipinski definition) is 4. The Balaban J connectivity index is 1.34. The first-order chi connectivity index (χ1) is 15.3. The summed E-state index contributed by atoms with van der Waals surface area (Å²) in [5, 5.41) is 6.94. The first-order valence-electron chi connectivity index (χ1n) is 9.96. The van der Waals surface area contributed by atoms with Crippen molar-refractivity contribution in [3.63, 3.8) is 0 Å². The highest BCUT2D eigenvalue weighted by atomic mass is 19.4. The van der Waals surface area contributed by atoms with Gasteiger partial charge in [-0.1, -0.05) is 12.1 Å². The summed E-state index contributed by atoms with van der Waals surface area (Å²) in [6.07, 6.45) is 0.595. The van der Waals surface area contributed by atoms with Crippen molar-refractivity contribution in [2.45, 2.75) is 25.7 Å². The molecular formula is C22H20F3N5O2. The topological polar surface area (TPSA) is 80.1 Å². The normalized spacial score (nSPS) is 16.4. The summed E-state index contributed by atoms with van der Waals surface area (Å²) in [6.45, 7) is 0.452. The zero-order valence-electron chi connectivity index (χ0n) is 16.9. The van der Waals surface area contributed by atoms with Crippen LogP contribution in [0, 0.1) is 5.92 Å². The van der Waals surface area contributed by atoms with Crippen LogP contribution in [-0.2, 0) is 28.9 Å². The fourth-order valence-corrected chi connectivity index (χ4v) is 3.60. The number of aromatic nitrogens is 3. The predicted octanol–water partition coefficient (Wildman–Crippen LogP) is 2.95. The number of amides is 2. The minimum Gasteiger partial charge on any atom is -0.352 e. The zero-order valence-corrected chi connectivity index (χ0v) is 16.9. The Hall–Kier alpha value is -3.69. The van der Waals surface area contributed by atoms with Crippen LogP contribution >= 0.6 is 0 Å². The molecule has 0 radical (unpaired) electrons. The number of benzene rings is 1. The highest BCUT2D eigenvalue weighted by molar-refractivity contribution is 5.89. The van der Waals surface area contributed by atoms with E-state index >= 15 is 0 Å². The maximum Gasteiger partial charge on any atom is 0.416 e. The highest BCUT2D eigenvalue weighted by Crippen LogP contribution is 2.30. The van der Waals surface area contributed by atoms with E-state index in [9.17, 15) is 22.8 Å². The standard InChI is InChI=1S/C22H20F3N5O2/c23-22(24,25)18-4-1-3-16(9-18)13-29-14-17(11-20(29)31)21(32)27-12-15-5-7-26-19(10-15)30-8-2-6-28-30/h1-10,17H,11-14H2,(H,27,32)/t17-/m1/s1. The van der Waals surface area contributed by atoms with Crippen LogP contribution in [0.25, 0.3) is 5.82 Å². The van der Waals surface area contributed by atoms with Gasteiger partial charge >= 0.3 is 6.18 Å². The quantitative estimate of drug-likeness (QED) is 0.635. The highest BCUT2D eigenvalue weighted by Gasteiger charge is 2.35. The Kier molecular flexibility index (Phi) is 5.93. The predicted molar refractivity (Wildman–Crippen MR) is 108 cm³/mol. The van der Waals surface area contributed by atoms with Crippen molar-refractivity contribution in [3.8, 4) is 5.82 Å². The van der Waals surface area contributed by atoms with Gasteiger partial charge in [0, 0.05) is 44.6 Å². The van der Waals surface area contributed by atoms with E-state index in [-0.39, 0.29) is 37.9 Å². The van der Waals surface area contributed by atoms with Crippen molar-refractivity contribution in [2.24, 2.45) is 5.92 Å². The molecule has 1 atom stereocenters. The molecule has 1 aromatic carbocycles. The summed E-state index contributed by atoms with van der Waals surface area (Å²) in [5.74, 6) is -0.472. The molecule has 0 bridgehead atoms. The lowest BCUT2D eigenvalue weighted by molar-refractivity contribution is -0.137. The molecular weight excluding hydrogens is 423 g/mol. The molecule has 2 amide bonds. The van der Waals surface area contributed by atoms with E-state index in [0.717, 1.165) is 17.7 Å². The number of rotatable bonds is 6. The molecule has 1 N–H and O–H groups in total. The van der Waals surface area contributed by atoms with Gasteiger partial charge in [0.05, 0.1) is 11.5 Å². The first-order valence-corrected chi connectivity index (χ1v) is 9.96. The third kappa shape index (κ3) is 4.96. The maximum atomic E-state index is 12.9. The van der Waals surface area contributed by atoms with Crippen LogP contribution in [0.4, 0.5) is 13.2 Å². The Morgan fingerprint density at radius 1 is 1.12 bits per heavy atom. The molecule has 3 heterocycles. The van der Waals surface area contributed by atoms with Crippen LogP contribution < -0.4 is 5.32 Å². The zero-order chi connectivity index (χ0) is 22.7. The summed E-state index contributed by atoms with van der Waals surface area (Å²) in [7, 11) is 0. The summed E-state index contributed by atoms with van der Waals surface area (Å²) >= 11 is 0. The number of nitrogens with one attached hydrogen (secondary N) is 1. The second-order valence-corrected chi connectivity index (χ2v) is 7.56. The number of pyridine rings is 1. The van der Waals surface area contributed by atoms with E-state index in [1.807, 2.05) is 0 Å². The fraction of sp³-hybridized carbons (Fsp3) is 0.273. The Bertz CT molecular complexity index is 1110. The third-order valence-corrected chi connectivity index (χ3v) is 5.23. The van der Waals surface area contributed by atoms with Crippen molar-refractivity contribution in [1.82, 2.24) is 25.0 Å². The second kappa shape index (κ2) is 8.81. The second-order valence-electron chi connectivity index (χ2n) is 7.56. The molecule has 2 aromatic heterocycles. The van der Waals surface area contributed by atoms with E-state index in [1.54, 1.807) is 41.5 Å². The van der Waals surface area contributed by atoms with Gasteiger partial charge in [-0.05, 0) is 41.5 Å². The Labute approximate surface area is 181 Å². The molecule has 1 saturated heterocycles. The van der Waals surface area contributed by atoms with Gasteiger partial charge in [-0.15, -0.1) is 0 Å². The van der Waals surface area contributed by atoms with Crippen molar-refractivity contribution in [2.75, 3.05) is 6.54 Å². The van der Waals surface area contributed by atoms with E-state index < -0.39 is 17.7 Å². The maximum absolute atomic E-state index is 12.9. The lowest BCUT2D eigenvalue weighted by atomic mass is 10.1. The molecule has 0 spiro atoms. The first kappa shape index (κ1) is 21.5. The van der Waals surface area contributed by atoms with E-state index in [4.69, 9.17) is 0 Å². The molecule has 166 valence electrons. The van der Waals surface area contributed by atoms with Crippen molar-refractivity contribution >= 4 is 11.8 Å². The monoisotopic (exact) mass is 443 g/mol. The summed E-state index contributed by atoms with van der Waals surface area (Å²) in [5.41, 5.74) is 0.434. The SMILES string of the molecule is O=C(NCc1ccnc(-n2cccn2)c1)[C@@H]1CC(=O)N(Cc2cccc(C(F)(F)F)c2)C1. The van der Waals surface area contributed by atoms with Gasteiger partial charge in [0.25, 0.3) is 0 Å². The smallest absolute Gasteiger partial charge is 0.352 e. The molecule has 7 nitrogen and oxygen atoms in total. The lowest BCUT2D eigenvalue weighted by Crippen LogP contribution is -2.32. The van der Waals surface area contributed by atoms with Gasteiger partial charge in [0.15, 0.2) is 5.82 Å². The number of likely N-dealkylation sites (tertiary alicyclic amines) is 1.